The van der Waals surface area contributed by atoms with Crippen LogP contribution in [0.3, 0.4) is 0 Å². The van der Waals surface area contributed by atoms with Crippen LogP contribution in [0, 0.1) is 5.82 Å². The second-order valence-corrected chi connectivity index (χ2v) is 2.64. The molecule has 5 N–H and O–H groups in total. The Labute approximate surface area is 74.0 Å². The van der Waals surface area contributed by atoms with Gasteiger partial charge in [-0.3, -0.25) is 4.79 Å². The first-order valence-corrected chi connectivity index (χ1v) is 3.56. The Morgan fingerprint density at radius 3 is 2.46 bits per heavy atom. The molecular formula is C8H9FN2O2. The highest BCUT2D eigenvalue weighted by Crippen LogP contribution is 2.20. The number of carboxylic acid groups (broad SMARTS) is 1. The average Bonchev–Trinajstić information content (AvgIpc) is 1.99. The van der Waals surface area contributed by atoms with E-state index in [0.717, 1.165) is 6.07 Å². The van der Waals surface area contributed by atoms with E-state index in [1.165, 1.54) is 6.07 Å². The third kappa shape index (κ3) is 2.08. The van der Waals surface area contributed by atoms with Crippen LogP contribution < -0.4 is 11.5 Å². The largest absolute Gasteiger partial charge is 0.481 e. The molecule has 4 nitrogen and oxygen atoms in total. The summed E-state index contributed by atoms with van der Waals surface area (Å²) in [5.41, 5.74) is 11.0. The maximum absolute atomic E-state index is 13.0. The van der Waals surface area contributed by atoms with Crippen LogP contribution in [0.5, 0.6) is 0 Å². The molecule has 0 saturated carbocycles. The first-order chi connectivity index (χ1) is 6.00. The second kappa shape index (κ2) is 3.30. The summed E-state index contributed by atoms with van der Waals surface area (Å²) in [6.07, 6.45) is -0.393. The lowest BCUT2D eigenvalue weighted by atomic mass is 10.1. The van der Waals surface area contributed by atoms with Gasteiger partial charge in [-0.1, -0.05) is 0 Å². The number of halogens is 1. The standard InChI is InChI=1S/C8H9FN2O2/c9-5-3-7(11)6(10)1-4(5)2-8(12)13/h1,3H,2,10-11H2,(H,12,13). The van der Waals surface area contributed by atoms with Gasteiger partial charge in [0, 0.05) is 5.56 Å². The second-order valence-electron chi connectivity index (χ2n) is 2.64. The normalized spacial score (nSPS) is 9.92. The molecule has 0 unspecified atom stereocenters. The van der Waals surface area contributed by atoms with Crippen molar-refractivity contribution in [2.24, 2.45) is 0 Å². The lowest BCUT2D eigenvalue weighted by Gasteiger charge is -2.04. The third-order valence-electron chi connectivity index (χ3n) is 1.59. The fourth-order valence-electron chi connectivity index (χ4n) is 0.951. The molecule has 0 radical (unpaired) electrons. The molecule has 0 aromatic heterocycles. The number of carbonyl (C=O) groups is 1. The third-order valence-corrected chi connectivity index (χ3v) is 1.59. The fourth-order valence-corrected chi connectivity index (χ4v) is 0.951. The molecule has 0 amide bonds. The molecule has 0 aliphatic carbocycles. The number of carboxylic acids is 1. The summed E-state index contributed by atoms with van der Waals surface area (Å²) < 4.78 is 13.0. The van der Waals surface area contributed by atoms with Crippen LogP contribution in [0.4, 0.5) is 15.8 Å². The minimum Gasteiger partial charge on any atom is -0.481 e. The van der Waals surface area contributed by atoms with E-state index in [-0.39, 0.29) is 16.9 Å². The highest BCUT2D eigenvalue weighted by molar-refractivity contribution is 5.73. The SMILES string of the molecule is Nc1cc(F)c(CC(=O)O)cc1N. The molecule has 0 bridgehead atoms. The molecule has 0 heterocycles. The Kier molecular flexibility index (Phi) is 2.36. The Bertz CT molecular complexity index is 352. The Balaban J connectivity index is 3.08. The fraction of sp³-hybridized carbons (Fsp3) is 0.125. The molecule has 0 atom stereocenters. The minimum atomic E-state index is -1.11. The van der Waals surface area contributed by atoms with Gasteiger partial charge in [0.15, 0.2) is 0 Å². The molecule has 13 heavy (non-hydrogen) atoms. The van der Waals surface area contributed by atoms with Crippen molar-refractivity contribution in [2.45, 2.75) is 6.42 Å². The van der Waals surface area contributed by atoms with Gasteiger partial charge in [0.1, 0.15) is 5.82 Å². The van der Waals surface area contributed by atoms with Gasteiger partial charge in [-0.25, -0.2) is 4.39 Å². The lowest BCUT2D eigenvalue weighted by molar-refractivity contribution is -0.136. The van der Waals surface area contributed by atoms with Crippen molar-refractivity contribution in [3.05, 3.63) is 23.5 Å². The first-order valence-electron chi connectivity index (χ1n) is 3.56. The van der Waals surface area contributed by atoms with E-state index < -0.39 is 18.2 Å². The number of aliphatic carboxylic acids is 1. The van der Waals surface area contributed by atoms with Crippen LogP contribution >= 0.6 is 0 Å². The number of rotatable bonds is 2. The number of benzene rings is 1. The van der Waals surface area contributed by atoms with Crippen molar-refractivity contribution in [3.8, 4) is 0 Å². The summed E-state index contributed by atoms with van der Waals surface area (Å²) in [5, 5.41) is 8.41. The van der Waals surface area contributed by atoms with E-state index in [2.05, 4.69) is 0 Å². The molecule has 0 spiro atoms. The Morgan fingerprint density at radius 2 is 1.92 bits per heavy atom. The summed E-state index contributed by atoms with van der Waals surface area (Å²) >= 11 is 0. The number of hydrogen-bond donors (Lipinski definition) is 3. The van der Waals surface area contributed by atoms with E-state index in [4.69, 9.17) is 16.6 Å². The van der Waals surface area contributed by atoms with Crippen LogP contribution in [0.15, 0.2) is 12.1 Å². The predicted octanol–water partition coefficient (Wildman–Crippen LogP) is 0.617. The summed E-state index contributed by atoms with van der Waals surface area (Å²) in [5.74, 6) is -1.75. The van der Waals surface area contributed by atoms with E-state index in [1.54, 1.807) is 0 Å². The maximum Gasteiger partial charge on any atom is 0.307 e. The molecule has 0 saturated heterocycles. The smallest absolute Gasteiger partial charge is 0.307 e. The van der Waals surface area contributed by atoms with Crippen LogP contribution in [-0.4, -0.2) is 11.1 Å². The van der Waals surface area contributed by atoms with E-state index in [1.807, 2.05) is 0 Å². The highest BCUT2D eigenvalue weighted by Gasteiger charge is 2.09. The Morgan fingerprint density at radius 1 is 1.38 bits per heavy atom. The molecule has 1 aromatic carbocycles. The van der Waals surface area contributed by atoms with Crippen molar-refractivity contribution in [2.75, 3.05) is 11.5 Å². The molecule has 5 heteroatoms. The van der Waals surface area contributed by atoms with Gasteiger partial charge in [-0.2, -0.15) is 0 Å². The quantitative estimate of drug-likeness (QED) is 0.587. The number of nitrogens with two attached hydrogens (primary N) is 2. The van der Waals surface area contributed by atoms with Crippen molar-refractivity contribution in [3.63, 3.8) is 0 Å². The summed E-state index contributed by atoms with van der Waals surface area (Å²) in [4.78, 5) is 10.3. The summed E-state index contributed by atoms with van der Waals surface area (Å²) in [6.45, 7) is 0. The van der Waals surface area contributed by atoms with Gasteiger partial charge in [0.2, 0.25) is 0 Å². The van der Waals surface area contributed by atoms with Crippen molar-refractivity contribution < 1.29 is 14.3 Å². The Hall–Kier alpha value is -1.78. The molecule has 0 aliphatic rings. The highest BCUT2D eigenvalue weighted by atomic mass is 19.1. The minimum absolute atomic E-state index is 0.0409. The maximum atomic E-state index is 13.0. The molecule has 0 fully saturated rings. The molecular weight excluding hydrogens is 175 g/mol. The topological polar surface area (TPSA) is 89.3 Å². The van der Waals surface area contributed by atoms with Gasteiger partial charge in [-0.15, -0.1) is 0 Å². The van der Waals surface area contributed by atoms with Gasteiger partial charge in [0.25, 0.3) is 0 Å². The van der Waals surface area contributed by atoms with Gasteiger partial charge >= 0.3 is 5.97 Å². The number of anilines is 2. The van der Waals surface area contributed by atoms with E-state index >= 15 is 0 Å². The van der Waals surface area contributed by atoms with Crippen LogP contribution in [-0.2, 0) is 11.2 Å². The van der Waals surface area contributed by atoms with E-state index in [0.29, 0.717) is 0 Å². The monoisotopic (exact) mass is 184 g/mol. The predicted molar refractivity (Wildman–Crippen MR) is 46.6 cm³/mol. The van der Waals surface area contributed by atoms with E-state index in [9.17, 15) is 9.18 Å². The first kappa shape index (κ1) is 9.31. The van der Waals surface area contributed by atoms with Crippen LogP contribution in [0.25, 0.3) is 0 Å². The molecule has 0 aliphatic heterocycles. The van der Waals surface area contributed by atoms with Gasteiger partial charge < -0.3 is 16.6 Å². The van der Waals surface area contributed by atoms with Crippen LogP contribution in [0.2, 0.25) is 0 Å². The van der Waals surface area contributed by atoms with Crippen molar-refractivity contribution in [1.82, 2.24) is 0 Å². The molecule has 1 rings (SSSR count). The zero-order valence-corrected chi connectivity index (χ0v) is 6.75. The summed E-state index contributed by atoms with van der Waals surface area (Å²) in [6, 6.07) is 2.26. The van der Waals surface area contributed by atoms with Crippen molar-refractivity contribution in [1.29, 1.82) is 0 Å². The van der Waals surface area contributed by atoms with Crippen molar-refractivity contribution >= 4 is 17.3 Å². The van der Waals surface area contributed by atoms with Crippen LogP contribution in [0.1, 0.15) is 5.56 Å². The van der Waals surface area contributed by atoms with Gasteiger partial charge in [0.05, 0.1) is 17.8 Å². The number of hydrogen-bond acceptors (Lipinski definition) is 3. The zero-order chi connectivity index (χ0) is 10.0. The number of nitrogen functional groups attached to an aromatic ring is 2. The zero-order valence-electron chi connectivity index (χ0n) is 6.75. The average molecular weight is 184 g/mol. The van der Waals surface area contributed by atoms with Gasteiger partial charge in [-0.05, 0) is 12.1 Å². The molecule has 70 valence electrons. The summed E-state index contributed by atoms with van der Waals surface area (Å²) in [7, 11) is 0. The molecule has 1 aromatic rings. The lowest BCUT2D eigenvalue weighted by Crippen LogP contribution is -2.05.